The van der Waals surface area contributed by atoms with Crippen molar-refractivity contribution in [1.29, 1.82) is 5.26 Å². The van der Waals surface area contributed by atoms with E-state index in [1.165, 1.54) is 6.07 Å². The van der Waals surface area contributed by atoms with Gasteiger partial charge in [-0.25, -0.2) is 4.39 Å². The van der Waals surface area contributed by atoms with E-state index in [2.05, 4.69) is 4.98 Å². The fraction of sp³-hybridized carbons (Fsp3) is 0. The average Bonchev–Trinajstić information content (AvgIpc) is 2.02. The molecule has 0 atom stereocenters. The van der Waals surface area contributed by atoms with E-state index in [1.807, 2.05) is 0 Å². The lowest BCUT2D eigenvalue weighted by atomic mass is 10.3. The van der Waals surface area contributed by atoms with Crippen molar-refractivity contribution in [1.82, 2.24) is 4.98 Å². The lowest BCUT2D eigenvalue weighted by molar-refractivity contribution is 0.445. The summed E-state index contributed by atoms with van der Waals surface area (Å²) >= 11 is 5.10. The highest BCUT2D eigenvalue weighted by Gasteiger charge is 2.18. The van der Waals surface area contributed by atoms with Crippen molar-refractivity contribution in [3.8, 4) is 6.07 Å². The third kappa shape index (κ3) is 1.21. The fourth-order valence-electron chi connectivity index (χ4n) is 0.585. The van der Waals surface area contributed by atoms with Crippen LogP contribution in [0.25, 0.3) is 0 Å². The van der Waals surface area contributed by atoms with Gasteiger partial charge in [-0.15, -0.1) is 0 Å². The molecule has 0 aliphatic heterocycles. The first-order valence-electron chi connectivity index (χ1n) is 2.68. The van der Waals surface area contributed by atoms with E-state index in [0.29, 0.717) is 0 Å². The summed E-state index contributed by atoms with van der Waals surface area (Å²) in [6.45, 7) is 0. The van der Waals surface area contributed by atoms with Crippen molar-refractivity contribution < 1.29 is 13.2 Å². The zero-order valence-corrected chi connectivity index (χ0v) is 6.16. The van der Waals surface area contributed by atoms with Crippen LogP contribution in [0.4, 0.5) is 13.2 Å². The Balaban J connectivity index is 3.56. The second-order valence-electron chi connectivity index (χ2n) is 1.81. The van der Waals surface area contributed by atoms with Gasteiger partial charge in [0, 0.05) is 0 Å². The van der Waals surface area contributed by atoms with E-state index in [9.17, 15) is 13.2 Å². The highest BCUT2D eigenvalue weighted by molar-refractivity contribution is 6.31. The third-order valence-electron chi connectivity index (χ3n) is 1.11. The molecule has 1 aromatic heterocycles. The number of nitrogens with zero attached hydrogens (tertiary/aromatic N) is 2. The maximum Gasteiger partial charge on any atom is 0.253 e. The topological polar surface area (TPSA) is 36.7 Å². The van der Waals surface area contributed by atoms with Crippen LogP contribution in [0.3, 0.4) is 0 Å². The van der Waals surface area contributed by atoms with Crippen LogP contribution in [0.15, 0.2) is 0 Å². The summed E-state index contributed by atoms with van der Waals surface area (Å²) in [5.41, 5.74) is -0.873. The Labute approximate surface area is 70.2 Å². The van der Waals surface area contributed by atoms with Gasteiger partial charge in [0.25, 0.3) is 5.95 Å². The third-order valence-corrected chi connectivity index (χ3v) is 1.45. The molecule has 1 heterocycles. The van der Waals surface area contributed by atoms with Gasteiger partial charge in [0.15, 0.2) is 5.82 Å². The summed E-state index contributed by atoms with van der Waals surface area (Å²) in [6, 6.07) is 1.22. The van der Waals surface area contributed by atoms with Crippen LogP contribution in [0, 0.1) is 29.0 Å². The SMILES string of the molecule is N#Cc1c(F)c(F)nc(F)c1Cl. The first-order chi connectivity index (χ1) is 5.57. The van der Waals surface area contributed by atoms with Gasteiger partial charge < -0.3 is 0 Å². The van der Waals surface area contributed by atoms with Gasteiger partial charge in [0.05, 0.1) is 0 Å². The Bertz CT molecular complexity index is 346. The maximum absolute atomic E-state index is 12.5. The summed E-state index contributed by atoms with van der Waals surface area (Å²) < 4.78 is 37.2. The van der Waals surface area contributed by atoms with E-state index in [1.54, 1.807) is 0 Å². The van der Waals surface area contributed by atoms with Gasteiger partial charge in [-0.05, 0) is 0 Å². The first-order valence-corrected chi connectivity index (χ1v) is 3.05. The highest BCUT2D eigenvalue weighted by Crippen LogP contribution is 2.21. The van der Waals surface area contributed by atoms with Crippen molar-refractivity contribution >= 4 is 11.6 Å². The number of hydrogen-bond donors (Lipinski definition) is 0. The van der Waals surface area contributed by atoms with Crippen molar-refractivity contribution in [2.24, 2.45) is 0 Å². The molecule has 6 heteroatoms. The quantitative estimate of drug-likeness (QED) is 0.590. The van der Waals surface area contributed by atoms with E-state index >= 15 is 0 Å². The Morgan fingerprint density at radius 1 is 1.25 bits per heavy atom. The average molecular weight is 193 g/mol. The Morgan fingerprint density at radius 2 is 1.83 bits per heavy atom. The number of halogens is 4. The summed E-state index contributed by atoms with van der Waals surface area (Å²) in [5.74, 6) is -4.61. The number of nitriles is 1. The van der Waals surface area contributed by atoms with Gasteiger partial charge in [-0.2, -0.15) is 19.0 Å². The molecule has 0 bridgehead atoms. The lowest BCUT2D eigenvalue weighted by Gasteiger charge is -1.97. The molecule has 2 nitrogen and oxygen atoms in total. The minimum absolute atomic E-state index is 0.809. The molecule has 0 N–H and O–H groups in total. The second kappa shape index (κ2) is 2.99. The number of pyridine rings is 1. The highest BCUT2D eigenvalue weighted by atomic mass is 35.5. The Hall–Kier alpha value is -1.28. The van der Waals surface area contributed by atoms with E-state index < -0.39 is 28.3 Å². The molecule has 0 saturated carbocycles. The maximum atomic E-state index is 12.5. The predicted molar refractivity (Wildman–Crippen MR) is 33.8 cm³/mol. The summed E-state index contributed by atoms with van der Waals surface area (Å²) in [5, 5.41) is 7.40. The van der Waals surface area contributed by atoms with Crippen LogP contribution in [-0.2, 0) is 0 Å². The summed E-state index contributed by atoms with van der Waals surface area (Å²) in [4.78, 5) is 2.49. The van der Waals surface area contributed by atoms with Gasteiger partial charge in [0.1, 0.15) is 16.7 Å². The standard InChI is InChI=1S/C6ClF3N2/c7-3-2(1-11)4(8)6(10)12-5(3)9. The molecule has 0 radical (unpaired) electrons. The van der Waals surface area contributed by atoms with Crippen LogP contribution in [0.2, 0.25) is 5.02 Å². The minimum Gasteiger partial charge on any atom is -0.200 e. The second-order valence-corrected chi connectivity index (χ2v) is 2.19. The van der Waals surface area contributed by atoms with Gasteiger partial charge in [-0.3, -0.25) is 0 Å². The molecule has 0 unspecified atom stereocenters. The molecule has 1 rings (SSSR count). The zero-order valence-electron chi connectivity index (χ0n) is 5.41. The van der Waals surface area contributed by atoms with Crippen molar-refractivity contribution in [3.05, 3.63) is 28.3 Å². The van der Waals surface area contributed by atoms with Gasteiger partial charge in [-0.1, -0.05) is 11.6 Å². The van der Waals surface area contributed by atoms with E-state index in [0.717, 1.165) is 0 Å². The van der Waals surface area contributed by atoms with Crippen molar-refractivity contribution in [2.75, 3.05) is 0 Å². The molecule has 0 aromatic carbocycles. The van der Waals surface area contributed by atoms with Crippen molar-refractivity contribution in [2.45, 2.75) is 0 Å². The predicted octanol–water partition coefficient (Wildman–Crippen LogP) is 2.02. The number of rotatable bonds is 0. The molecule has 0 saturated heterocycles. The summed E-state index contributed by atoms with van der Waals surface area (Å²) in [6.07, 6.45) is 0. The molecule has 0 aliphatic carbocycles. The molecule has 0 aliphatic rings. The molecular formula is C6ClF3N2. The van der Waals surface area contributed by atoms with Gasteiger partial charge >= 0.3 is 0 Å². The molecular weight excluding hydrogens is 193 g/mol. The van der Waals surface area contributed by atoms with Crippen LogP contribution < -0.4 is 0 Å². The Morgan fingerprint density at radius 3 is 2.33 bits per heavy atom. The normalized spacial score (nSPS) is 9.58. The van der Waals surface area contributed by atoms with Gasteiger partial charge in [0.2, 0.25) is 5.95 Å². The summed E-state index contributed by atoms with van der Waals surface area (Å²) in [7, 11) is 0. The van der Waals surface area contributed by atoms with Crippen LogP contribution in [0.1, 0.15) is 5.56 Å². The smallest absolute Gasteiger partial charge is 0.200 e. The molecule has 62 valence electrons. The molecule has 1 aromatic rings. The largest absolute Gasteiger partial charge is 0.253 e. The Kier molecular flexibility index (Phi) is 2.20. The van der Waals surface area contributed by atoms with E-state index in [4.69, 9.17) is 16.9 Å². The molecule has 12 heavy (non-hydrogen) atoms. The fourth-order valence-corrected chi connectivity index (χ4v) is 0.753. The number of aromatic nitrogens is 1. The molecule has 0 amide bonds. The van der Waals surface area contributed by atoms with E-state index in [-0.39, 0.29) is 0 Å². The lowest BCUT2D eigenvalue weighted by Crippen LogP contribution is -1.99. The molecule has 0 spiro atoms. The zero-order chi connectivity index (χ0) is 9.30. The van der Waals surface area contributed by atoms with Crippen LogP contribution >= 0.6 is 11.6 Å². The van der Waals surface area contributed by atoms with Crippen LogP contribution in [-0.4, -0.2) is 4.98 Å². The van der Waals surface area contributed by atoms with Crippen molar-refractivity contribution in [3.63, 3.8) is 0 Å². The first kappa shape index (κ1) is 8.81. The monoisotopic (exact) mass is 192 g/mol. The molecule has 0 fully saturated rings. The number of hydrogen-bond acceptors (Lipinski definition) is 2. The minimum atomic E-state index is -1.67. The van der Waals surface area contributed by atoms with Crippen LogP contribution in [0.5, 0.6) is 0 Å².